The number of Topliss-reactive ketones (excluding diaryl/α,β-unsaturated/α-hetero) is 1. The van der Waals surface area contributed by atoms with E-state index in [0.717, 1.165) is 6.61 Å². The Morgan fingerprint density at radius 2 is 2.29 bits per heavy atom. The standard InChI is InChI=1S/C13H14O4/c14-10-4-5-11(15)13-9(10)2-1-3-12(13)17-7-8-6-16-8/h1-3,8,10,14H,4-7H2. The normalized spacial score (nSPS) is 26.5. The molecule has 0 spiro atoms. The van der Waals surface area contributed by atoms with Crippen LogP contribution in [-0.4, -0.2) is 30.2 Å². The number of rotatable bonds is 3. The lowest BCUT2D eigenvalue weighted by molar-refractivity contribution is 0.0890. The van der Waals surface area contributed by atoms with Gasteiger partial charge >= 0.3 is 0 Å². The molecule has 1 aromatic carbocycles. The van der Waals surface area contributed by atoms with E-state index in [-0.39, 0.29) is 11.9 Å². The predicted molar refractivity (Wildman–Crippen MR) is 60.2 cm³/mol. The molecule has 1 heterocycles. The largest absolute Gasteiger partial charge is 0.490 e. The van der Waals surface area contributed by atoms with E-state index in [1.165, 1.54) is 0 Å². The minimum Gasteiger partial charge on any atom is -0.490 e. The summed E-state index contributed by atoms with van der Waals surface area (Å²) in [5.74, 6) is 0.624. The van der Waals surface area contributed by atoms with Crippen LogP contribution in [0.15, 0.2) is 18.2 Å². The Balaban J connectivity index is 1.91. The zero-order valence-electron chi connectivity index (χ0n) is 9.39. The summed E-state index contributed by atoms with van der Waals surface area (Å²) in [4.78, 5) is 11.9. The number of benzene rings is 1. The summed E-state index contributed by atoms with van der Waals surface area (Å²) in [6.45, 7) is 1.20. The fourth-order valence-corrected chi connectivity index (χ4v) is 2.14. The SMILES string of the molecule is O=C1CCC(O)c2cccc(OCC3CO3)c21. The number of ether oxygens (including phenoxy) is 2. The first-order chi connectivity index (χ1) is 8.25. The molecule has 1 aliphatic carbocycles. The van der Waals surface area contributed by atoms with Gasteiger partial charge < -0.3 is 14.6 Å². The molecule has 0 bridgehead atoms. The van der Waals surface area contributed by atoms with Crippen molar-refractivity contribution in [2.75, 3.05) is 13.2 Å². The fraction of sp³-hybridized carbons (Fsp3) is 0.462. The van der Waals surface area contributed by atoms with Gasteiger partial charge in [-0.25, -0.2) is 0 Å². The molecule has 17 heavy (non-hydrogen) atoms. The van der Waals surface area contributed by atoms with Crippen molar-refractivity contribution in [2.45, 2.75) is 25.0 Å². The van der Waals surface area contributed by atoms with Crippen LogP contribution in [-0.2, 0) is 4.74 Å². The lowest BCUT2D eigenvalue weighted by Crippen LogP contribution is -2.17. The highest BCUT2D eigenvalue weighted by Gasteiger charge is 2.29. The molecule has 4 nitrogen and oxygen atoms in total. The molecular weight excluding hydrogens is 220 g/mol. The minimum atomic E-state index is -0.552. The third-order valence-electron chi connectivity index (χ3n) is 3.17. The van der Waals surface area contributed by atoms with Crippen LogP contribution in [0.1, 0.15) is 34.9 Å². The third kappa shape index (κ3) is 2.06. The molecule has 4 heteroatoms. The van der Waals surface area contributed by atoms with E-state index >= 15 is 0 Å². The van der Waals surface area contributed by atoms with Crippen LogP contribution in [0, 0.1) is 0 Å². The van der Waals surface area contributed by atoms with Crippen molar-refractivity contribution in [3.63, 3.8) is 0 Å². The summed E-state index contributed by atoms with van der Waals surface area (Å²) < 4.78 is 10.7. The summed E-state index contributed by atoms with van der Waals surface area (Å²) in [6.07, 6.45) is 0.494. The van der Waals surface area contributed by atoms with Gasteiger partial charge in [0.1, 0.15) is 18.5 Å². The number of hydrogen-bond acceptors (Lipinski definition) is 4. The second-order valence-corrected chi connectivity index (χ2v) is 4.46. The molecule has 1 saturated heterocycles. The van der Waals surface area contributed by atoms with E-state index in [4.69, 9.17) is 9.47 Å². The number of aliphatic hydroxyl groups excluding tert-OH is 1. The van der Waals surface area contributed by atoms with E-state index in [2.05, 4.69) is 0 Å². The number of epoxide rings is 1. The molecule has 1 aromatic rings. The van der Waals surface area contributed by atoms with Gasteiger partial charge in [0.2, 0.25) is 0 Å². The van der Waals surface area contributed by atoms with Crippen molar-refractivity contribution in [3.8, 4) is 5.75 Å². The molecule has 0 amide bonds. The minimum absolute atomic E-state index is 0.0533. The van der Waals surface area contributed by atoms with Crippen LogP contribution in [0.2, 0.25) is 0 Å². The molecular formula is C13H14O4. The first-order valence-corrected chi connectivity index (χ1v) is 5.84. The Morgan fingerprint density at radius 3 is 3.06 bits per heavy atom. The van der Waals surface area contributed by atoms with E-state index in [9.17, 15) is 9.90 Å². The summed E-state index contributed by atoms with van der Waals surface area (Å²) in [7, 11) is 0. The maximum atomic E-state index is 11.9. The number of aliphatic hydroxyl groups is 1. The summed E-state index contributed by atoms with van der Waals surface area (Å²) in [5, 5.41) is 9.86. The Morgan fingerprint density at radius 1 is 1.47 bits per heavy atom. The van der Waals surface area contributed by atoms with Crippen LogP contribution in [0.5, 0.6) is 5.75 Å². The van der Waals surface area contributed by atoms with Crippen LogP contribution >= 0.6 is 0 Å². The van der Waals surface area contributed by atoms with Gasteiger partial charge in [-0.05, 0) is 18.1 Å². The Kier molecular flexibility index (Phi) is 2.61. The quantitative estimate of drug-likeness (QED) is 0.805. The second kappa shape index (κ2) is 4.13. The second-order valence-electron chi connectivity index (χ2n) is 4.46. The molecule has 3 rings (SSSR count). The lowest BCUT2D eigenvalue weighted by atomic mass is 9.88. The van der Waals surface area contributed by atoms with Crippen LogP contribution in [0.4, 0.5) is 0 Å². The van der Waals surface area contributed by atoms with Crippen molar-refractivity contribution < 1.29 is 19.4 Å². The van der Waals surface area contributed by atoms with Gasteiger partial charge in [0.15, 0.2) is 5.78 Å². The van der Waals surface area contributed by atoms with Gasteiger partial charge in [0, 0.05) is 6.42 Å². The van der Waals surface area contributed by atoms with Crippen LogP contribution in [0.3, 0.4) is 0 Å². The van der Waals surface area contributed by atoms with Crippen molar-refractivity contribution in [1.82, 2.24) is 0 Å². The van der Waals surface area contributed by atoms with Crippen molar-refractivity contribution >= 4 is 5.78 Å². The highest BCUT2D eigenvalue weighted by Crippen LogP contribution is 2.35. The van der Waals surface area contributed by atoms with E-state index < -0.39 is 6.10 Å². The van der Waals surface area contributed by atoms with Crippen LogP contribution < -0.4 is 4.74 Å². The maximum Gasteiger partial charge on any atom is 0.167 e. The molecule has 2 atom stereocenters. The Labute approximate surface area is 99.2 Å². The molecule has 90 valence electrons. The molecule has 2 unspecified atom stereocenters. The highest BCUT2D eigenvalue weighted by atomic mass is 16.6. The number of carbonyl (C=O) groups excluding carboxylic acids is 1. The zero-order chi connectivity index (χ0) is 11.8. The van der Waals surface area contributed by atoms with Crippen LogP contribution in [0.25, 0.3) is 0 Å². The highest BCUT2D eigenvalue weighted by molar-refractivity contribution is 6.01. The van der Waals surface area contributed by atoms with Gasteiger partial charge in [-0.15, -0.1) is 0 Å². The van der Waals surface area contributed by atoms with Crippen molar-refractivity contribution in [2.24, 2.45) is 0 Å². The predicted octanol–water partition coefficient (Wildman–Crippen LogP) is 1.47. The first-order valence-electron chi connectivity index (χ1n) is 5.84. The Bertz CT molecular complexity index is 451. The van der Waals surface area contributed by atoms with E-state index in [1.807, 2.05) is 6.07 Å². The average molecular weight is 234 g/mol. The number of hydrogen-bond donors (Lipinski definition) is 1. The zero-order valence-corrected chi connectivity index (χ0v) is 9.39. The topological polar surface area (TPSA) is 59.1 Å². The van der Waals surface area contributed by atoms with E-state index in [1.54, 1.807) is 12.1 Å². The molecule has 1 N–H and O–H groups in total. The lowest BCUT2D eigenvalue weighted by Gasteiger charge is -2.22. The molecule has 1 fully saturated rings. The monoisotopic (exact) mass is 234 g/mol. The summed E-state index contributed by atoms with van der Waals surface area (Å²) in [6, 6.07) is 5.37. The fourth-order valence-electron chi connectivity index (χ4n) is 2.14. The number of carbonyl (C=O) groups is 1. The van der Waals surface area contributed by atoms with Gasteiger partial charge in [-0.1, -0.05) is 12.1 Å². The first kappa shape index (κ1) is 10.7. The van der Waals surface area contributed by atoms with Crippen molar-refractivity contribution in [1.29, 1.82) is 0 Å². The smallest absolute Gasteiger partial charge is 0.167 e. The van der Waals surface area contributed by atoms with Gasteiger partial charge in [-0.3, -0.25) is 4.79 Å². The van der Waals surface area contributed by atoms with E-state index in [0.29, 0.717) is 36.3 Å². The summed E-state index contributed by atoms with van der Waals surface area (Å²) >= 11 is 0. The maximum absolute atomic E-state index is 11.9. The number of fused-ring (bicyclic) bond motifs is 1. The molecule has 0 aromatic heterocycles. The number of ketones is 1. The van der Waals surface area contributed by atoms with Crippen molar-refractivity contribution in [3.05, 3.63) is 29.3 Å². The average Bonchev–Trinajstić information content (AvgIpc) is 3.15. The Hall–Kier alpha value is -1.39. The molecule has 1 aliphatic heterocycles. The molecule has 0 radical (unpaired) electrons. The molecule has 2 aliphatic rings. The third-order valence-corrected chi connectivity index (χ3v) is 3.17. The molecule has 0 saturated carbocycles. The van der Waals surface area contributed by atoms with Gasteiger partial charge in [0.05, 0.1) is 18.3 Å². The summed E-state index contributed by atoms with van der Waals surface area (Å²) in [5.41, 5.74) is 1.24. The van der Waals surface area contributed by atoms with Gasteiger partial charge in [-0.2, -0.15) is 0 Å². The van der Waals surface area contributed by atoms with Gasteiger partial charge in [0.25, 0.3) is 0 Å².